The molecule has 0 fully saturated rings. The molecule has 0 spiro atoms. The van der Waals surface area contributed by atoms with Gasteiger partial charge in [0.25, 0.3) is 10.0 Å². The van der Waals surface area contributed by atoms with Crippen molar-refractivity contribution >= 4 is 31.4 Å². The summed E-state index contributed by atoms with van der Waals surface area (Å²) in [5.74, 6) is -0.574. The normalized spacial score (nSPS) is 12.5. The fourth-order valence-corrected chi connectivity index (χ4v) is 3.54. The highest BCUT2D eigenvalue weighted by molar-refractivity contribution is 7.93. The maximum absolute atomic E-state index is 12.4. The van der Waals surface area contributed by atoms with Crippen LogP contribution >= 0.6 is 0 Å². The number of anilines is 2. The van der Waals surface area contributed by atoms with Crippen molar-refractivity contribution < 1.29 is 34.7 Å². The summed E-state index contributed by atoms with van der Waals surface area (Å²) in [4.78, 5) is -0.332. The summed E-state index contributed by atoms with van der Waals surface area (Å²) in [6.45, 7) is 0. The van der Waals surface area contributed by atoms with E-state index >= 15 is 0 Å². The third-order valence-electron chi connectivity index (χ3n) is 2.83. The third kappa shape index (κ3) is 5.81. The van der Waals surface area contributed by atoms with E-state index < -0.39 is 32.2 Å². The number of benzene rings is 2. The molecule has 142 valence electrons. The van der Waals surface area contributed by atoms with Gasteiger partial charge in [-0.25, -0.2) is 16.8 Å². The van der Waals surface area contributed by atoms with E-state index in [4.69, 9.17) is 0 Å². The zero-order valence-corrected chi connectivity index (χ0v) is 14.7. The number of para-hydroxylation sites is 2. The number of sulfonamides is 2. The Morgan fingerprint density at radius 3 is 1.81 bits per heavy atom. The minimum Gasteiger partial charge on any atom is -0.406 e. The van der Waals surface area contributed by atoms with Gasteiger partial charge in [-0.15, -0.1) is 13.2 Å². The van der Waals surface area contributed by atoms with E-state index in [-0.39, 0.29) is 16.3 Å². The first-order valence-corrected chi connectivity index (χ1v) is 10.2. The minimum atomic E-state index is -4.89. The first-order chi connectivity index (χ1) is 11.9. The van der Waals surface area contributed by atoms with Gasteiger partial charge < -0.3 is 4.74 Å². The highest BCUT2D eigenvalue weighted by Gasteiger charge is 2.31. The lowest BCUT2D eigenvalue weighted by Gasteiger charge is -2.14. The second-order valence-electron chi connectivity index (χ2n) is 5.04. The van der Waals surface area contributed by atoms with Crippen LogP contribution in [0, 0.1) is 0 Å². The van der Waals surface area contributed by atoms with Crippen molar-refractivity contribution in [3.63, 3.8) is 0 Å². The molecule has 0 aromatic heterocycles. The molecule has 0 unspecified atom stereocenters. The van der Waals surface area contributed by atoms with E-state index in [0.717, 1.165) is 30.5 Å². The number of hydrogen-bond acceptors (Lipinski definition) is 5. The highest BCUT2D eigenvalue weighted by atomic mass is 32.2. The van der Waals surface area contributed by atoms with Gasteiger partial charge in [0.2, 0.25) is 10.0 Å². The lowest BCUT2D eigenvalue weighted by atomic mass is 10.3. The van der Waals surface area contributed by atoms with Gasteiger partial charge in [-0.1, -0.05) is 12.1 Å². The van der Waals surface area contributed by atoms with Gasteiger partial charge in [0.05, 0.1) is 22.5 Å². The molecule has 2 aromatic carbocycles. The summed E-state index contributed by atoms with van der Waals surface area (Å²) in [7, 11) is -7.82. The average Bonchev–Trinajstić information content (AvgIpc) is 2.46. The second kappa shape index (κ2) is 7.03. The first-order valence-electron chi connectivity index (χ1n) is 6.81. The summed E-state index contributed by atoms with van der Waals surface area (Å²) >= 11 is 0. The van der Waals surface area contributed by atoms with Gasteiger partial charge in [-0.3, -0.25) is 9.44 Å². The number of nitrogens with one attached hydrogen (secondary N) is 2. The van der Waals surface area contributed by atoms with Gasteiger partial charge in [-0.2, -0.15) is 0 Å². The van der Waals surface area contributed by atoms with Crippen LogP contribution in [0.25, 0.3) is 0 Å². The summed E-state index contributed by atoms with van der Waals surface area (Å²) in [5, 5.41) is 0. The Hall–Kier alpha value is -2.47. The molecule has 2 aromatic rings. The van der Waals surface area contributed by atoms with Gasteiger partial charge in [0.15, 0.2) is 0 Å². The van der Waals surface area contributed by atoms with Crippen molar-refractivity contribution in [2.75, 3.05) is 15.7 Å². The van der Waals surface area contributed by atoms with Crippen molar-refractivity contribution in [3.8, 4) is 5.75 Å². The predicted molar refractivity (Wildman–Crippen MR) is 88.8 cm³/mol. The van der Waals surface area contributed by atoms with Crippen LogP contribution in [0.4, 0.5) is 24.5 Å². The molecule has 2 N–H and O–H groups in total. The zero-order valence-electron chi connectivity index (χ0n) is 13.1. The molecule has 0 radical (unpaired) electrons. The zero-order chi connectivity index (χ0) is 19.6. The molecule has 7 nitrogen and oxygen atoms in total. The Kier molecular flexibility index (Phi) is 5.37. The van der Waals surface area contributed by atoms with Crippen LogP contribution in [0.3, 0.4) is 0 Å². The summed E-state index contributed by atoms with van der Waals surface area (Å²) in [6, 6.07) is 9.20. The van der Waals surface area contributed by atoms with E-state index in [2.05, 4.69) is 14.2 Å². The van der Waals surface area contributed by atoms with Crippen LogP contribution in [0.15, 0.2) is 53.4 Å². The molecule has 12 heteroatoms. The van der Waals surface area contributed by atoms with Crippen molar-refractivity contribution in [3.05, 3.63) is 48.5 Å². The van der Waals surface area contributed by atoms with Crippen LogP contribution in [0.2, 0.25) is 0 Å². The topological polar surface area (TPSA) is 102 Å². The molecule has 0 atom stereocenters. The molecule has 0 saturated heterocycles. The number of ether oxygens (including phenoxy) is 1. The molecule has 26 heavy (non-hydrogen) atoms. The van der Waals surface area contributed by atoms with E-state index in [1.54, 1.807) is 0 Å². The molecular weight excluding hydrogens is 397 g/mol. The van der Waals surface area contributed by atoms with Crippen LogP contribution in [-0.4, -0.2) is 29.5 Å². The standard InChI is InChI=1S/C14H13F3N2O5S2/c1-25(20,21)18-12-4-2-3-5-13(12)19-26(22,23)11-8-6-10(7-9-11)24-14(15,16)17/h2-9,18-19H,1H3. The van der Waals surface area contributed by atoms with E-state index in [9.17, 15) is 30.0 Å². The highest BCUT2D eigenvalue weighted by Crippen LogP contribution is 2.27. The largest absolute Gasteiger partial charge is 0.573 e. The molecule has 0 aliphatic heterocycles. The Balaban J connectivity index is 2.27. The Morgan fingerprint density at radius 1 is 0.846 bits per heavy atom. The van der Waals surface area contributed by atoms with Gasteiger partial charge in [0, 0.05) is 0 Å². The minimum absolute atomic E-state index is 0.00407. The fourth-order valence-electron chi connectivity index (χ4n) is 1.89. The fraction of sp³-hybridized carbons (Fsp3) is 0.143. The van der Waals surface area contributed by atoms with Crippen molar-refractivity contribution in [1.82, 2.24) is 0 Å². The second-order valence-corrected chi connectivity index (χ2v) is 8.48. The lowest BCUT2D eigenvalue weighted by Crippen LogP contribution is -2.18. The van der Waals surface area contributed by atoms with Gasteiger partial charge in [-0.05, 0) is 36.4 Å². The van der Waals surface area contributed by atoms with Crippen LogP contribution in [0.5, 0.6) is 5.75 Å². The van der Waals surface area contributed by atoms with Crippen LogP contribution in [0.1, 0.15) is 0 Å². The Labute approximate surface area is 147 Å². The van der Waals surface area contributed by atoms with Gasteiger partial charge >= 0.3 is 6.36 Å². The van der Waals surface area contributed by atoms with Crippen molar-refractivity contribution in [2.45, 2.75) is 11.3 Å². The van der Waals surface area contributed by atoms with Crippen molar-refractivity contribution in [2.24, 2.45) is 0 Å². The maximum atomic E-state index is 12.4. The van der Waals surface area contributed by atoms with Gasteiger partial charge in [0.1, 0.15) is 5.75 Å². The molecule has 0 bridgehead atoms. The quantitative estimate of drug-likeness (QED) is 0.763. The molecule has 0 amide bonds. The SMILES string of the molecule is CS(=O)(=O)Nc1ccccc1NS(=O)(=O)c1ccc(OC(F)(F)F)cc1. The van der Waals surface area contributed by atoms with E-state index in [0.29, 0.717) is 0 Å². The summed E-state index contributed by atoms with van der Waals surface area (Å²) in [5.41, 5.74) is -0.0517. The number of hydrogen-bond donors (Lipinski definition) is 2. The molecule has 0 aliphatic rings. The number of halogens is 3. The lowest BCUT2D eigenvalue weighted by molar-refractivity contribution is -0.274. The number of alkyl halides is 3. The predicted octanol–water partition coefficient (Wildman–Crippen LogP) is 2.76. The van der Waals surface area contributed by atoms with Crippen molar-refractivity contribution in [1.29, 1.82) is 0 Å². The smallest absolute Gasteiger partial charge is 0.406 e. The summed E-state index contributed by atoms with van der Waals surface area (Å²) in [6.07, 6.45) is -3.99. The Morgan fingerprint density at radius 2 is 1.35 bits per heavy atom. The average molecular weight is 410 g/mol. The molecular formula is C14H13F3N2O5S2. The first kappa shape index (κ1) is 19.8. The molecule has 0 saturated carbocycles. The molecule has 0 aliphatic carbocycles. The third-order valence-corrected chi connectivity index (χ3v) is 4.81. The van der Waals surface area contributed by atoms with E-state index in [1.165, 1.54) is 24.3 Å². The summed E-state index contributed by atoms with van der Waals surface area (Å²) < 4.78 is 91.8. The van der Waals surface area contributed by atoms with Crippen LogP contribution in [-0.2, 0) is 20.0 Å². The Bertz CT molecular complexity index is 988. The monoisotopic (exact) mass is 410 g/mol. The van der Waals surface area contributed by atoms with Crippen LogP contribution < -0.4 is 14.2 Å². The molecule has 2 rings (SSSR count). The van der Waals surface area contributed by atoms with E-state index in [1.807, 2.05) is 0 Å². The molecule has 0 heterocycles. The number of rotatable bonds is 6. The maximum Gasteiger partial charge on any atom is 0.573 e.